The van der Waals surface area contributed by atoms with Gasteiger partial charge in [-0.3, -0.25) is 9.69 Å². The van der Waals surface area contributed by atoms with E-state index in [2.05, 4.69) is 4.74 Å². The zero-order valence-corrected chi connectivity index (χ0v) is 12.5. The summed E-state index contributed by atoms with van der Waals surface area (Å²) < 4.78 is 31.9. The Balaban J connectivity index is 2.75. The van der Waals surface area contributed by atoms with Gasteiger partial charge in [0.1, 0.15) is 11.6 Å². The Labute approximate surface area is 123 Å². The lowest BCUT2D eigenvalue weighted by molar-refractivity contribution is -0.145. The van der Waals surface area contributed by atoms with Crippen LogP contribution in [0.2, 0.25) is 0 Å². The van der Waals surface area contributed by atoms with Crippen molar-refractivity contribution < 1.29 is 23.4 Å². The average Bonchev–Trinajstić information content (AvgIpc) is 2.45. The molecule has 2 unspecified atom stereocenters. The van der Waals surface area contributed by atoms with Gasteiger partial charge in [-0.15, -0.1) is 0 Å². The summed E-state index contributed by atoms with van der Waals surface area (Å²) in [7, 11) is 1.30. The summed E-state index contributed by atoms with van der Waals surface area (Å²) in [6, 6.07) is 3.46. The molecule has 118 valence electrons. The normalized spacial score (nSPS) is 14.0. The molecule has 0 aliphatic heterocycles. The van der Waals surface area contributed by atoms with Gasteiger partial charge in [0, 0.05) is 13.1 Å². The van der Waals surface area contributed by atoms with Gasteiger partial charge < -0.3 is 9.84 Å². The molecule has 0 aliphatic carbocycles. The summed E-state index contributed by atoms with van der Waals surface area (Å²) in [4.78, 5) is 13.1. The number of likely N-dealkylation sites (N-methyl/N-ethyl adjacent to an activating group) is 1. The number of nitrogens with zero attached hydrogens (tertiary/aromatic N) is 1. The number of halogens is 2. The highest BCUT2D eigenvalue weighted by Gasteiger charge is 2.22. The van der Waals surface area contributed by atoms with Gasteiger partial charge in [0.25, 0.3) is 0 Å². The molecule has 0 radical (unpaired) electrons. The van der Waals surface area contributed by atoms with Gasteiger partial charge in [-0.25, -0.2) is 8.78 Å². The van der Waals surface area contributed by atoms with Crippen molar-refractivity contribution in [3.05, 3.63) is 35.4 Å². The summed E-state index contributed by atoms with van der Waals surface area (Å²) in [6.07, 6.45) is -1.30. The number of carbonyl (C=O) groups excluding carboxylic acids is 1. The highest BCUT2D eigenvalue weighted by Crippen LogP contribution is 2.21. The molecule has 21 heavy (non-hydrogen) atoms. The lowest BCUT2D eigenvalue weighted by Gasteiger charge is -2.26. The summed E-state index contributed by atoms with van der Waals surface area (Å²) >= 11 is 0. The van der Waals surface area contributed by atoms with E-state index >= 15 is 0 Å². The quantitative estimate of drug-likeness (QED) is 0.784. The molecule has 0 heterocycles. The molecule has 1 N–H and O–H groups in total. The number of ether oxygens (including phenoxy) is 1. The maximum atomic E-state index is 13.6. The first-order valence-corrected chi connectivity index (χ1v) is 6.82. The van der Waals surface area contributed by atoms with Crippen LogP contribution in [-0.2, 0) is 9.53 Å². The largest absolute Gasteiger partial charge is 0.469 e. The molecule has 4 nitrogen and oxygen atoms in total. The van der Waals surface area contributed by atoms with Crippen LogP contribution in [0.3, 0.4) is 0 Å². The molecule has 0 aromatic heterocycles. The number of hydrogen-bond donors (Lipinski definition) is 1. The molecule has 1 aromatic carbocycles. The zero-order valence-electron chi connectivity index (χ0n) is 12.5. The summed E-state index contributed by atoms with van der Waals surface area (Å²) in [6.45, 7) is 4.46. The molecule has 0 saturated heterocycles. The Morgan fingerprint density at radius 2 is 1.90 bits per heavy atom. The van der Waals surface area contributed by atoms with Gasteiger partial charge in [-0.1, -0.05) is 19.9 Å². The lowest BCUT2D eigenvalue weighted by Crippen LogP contribution is -2.35. The van der Waals surface area contributed by atoms with Crippen LogP contribution in [0.15, 0.2) is 18.2 Å². The van der Waals surface area contributed by atoms with Crippen LogP contribution in [0.25, 0.3) is 0 Å². The van der Waals surface area contributed by atoms with Gasteiger partial charge in [-0.05, 0) is 18.7 Å². The van der Waals surface area contributed by atoms with Crippen molar-refractivity contribution in [2.75, 3.05) is 26.7 Å². The fourth-order valence-electron chi connectivity index (χ4n) is 2.16. The lowest BCUT2D eigenvalue weighted by atomic mass is 10.1. The number of carbonyl (C=O) groups is 1. The predicted octanol–water partition coefficient (Wildman–Crippen LogP) is 2.13. The number of benzene rings is 1. The maximum absolute atomic E-state index is 13.6. The maximum Gasteiger partial charge on any atom is 0.309 e. The molecule has 1 rings (SSSR count). The van der Waals surface area contributed by atoms with Gasteiger partial charge in [0.2, 0.25) is 0 Å². The Morgan fingerprint density at radius 1 is 1.33 bits per heavy atom. The van der Waals surface area contributed by atoms with Crippen molar-refractivity contribution in [1.82, 2.24) is 4.90 Å². The second-order valence-corrected chi connectivity index (χ2v) is 4.93. The van der Waals surface area contributed by atoms with E-state index in [4.69, 9.17) is 0 Å². The molecular formula is C15H21F2NO3. The Hall–Kier alpha value is -1.53. The predicted molar refractivity (Wildman–Crippen MR) is 74.6 cm³/mol. The molecule has 0 aliphatic rings. The molecule has 1 aromatic rings. The minimum Gasteiger partial charge on any atom is -0.469 e. The first-order valence-electron chi connectivity index (χ1n) is 6.82. The highest BCUT2D eigenvalue weighted by molar-refractivity contribution is 5.72. The van der Waals surface area contributed by atoms with Crippen molar-refractivity contribution in [2.45, 2.75) is 20.0 Å². The first-order chi connectivity index (χ1) is 9.90. The molecular weight excluding hydrogens is 280 g/mol. The third-order valence-electron chi connectivity index (χ3n) is 3.35. The minimum atomic E-state index is -1.30. The fraction of sp³-hybridized carbons (Fsp3) is 0.533. The third kappa shape index (κ3) is 4.75. The van der Waals surface area contributed by atoms with Gasteiger partial charge >= 0.3 is 5.97 Å². The van der Waals surface area contributed by atoms with E-state index in [1.165, 1.54) is 13.2 Å². The van der Waals surface area contributed by atoms with E-state index in [1.54, 1.807) is 11.8 Å². The second-order valence-electron chi connectivity index (χ2n) is 4.93. The summed E-state index contributed by atoms with van der Waals surface area (Å²) in [5.41, 5.74) is -0.346. The number of aliphatic hydroxyl groups is 1. The van der Waals surface area contributed by atoms with Crippen LogP contribution in [0.5, 0.6) is 0 Å². The third-order valence-corrected chi connectivity index (χ3v) is 3.35. The van der Waals surface area contributed by atoms with Crippen molar-refractivity contribution >= 4 is 5.97 Å². The van der Waals surface area contributed by atoms with Crippen LogP contribution in [-0.4, -0.2) is 42.7 Å². The Morgan fingerprint density at radius 3 is 2.38 bits per heavy atom. The Kier molecular flexibility index (Phi) is 6.71. The second kappa shape index (κ2) is 8.05. The van der Waals surface area contributed by atoms with E-state index in [0.29, 0.717) is 13.1 Å². The van der Waals surface area contributed by atoms with E-state index < -0.39 is 17.7 Å². The fourth-order valence-corrected chi connectivity index (χ4v) is 2.16. The molecule has 0 saturated carbocycles. The standard InChI is InChI=1S/C15H21F2NO3/c1-4-18(8-10(2)15(20)21-3)9-13(19)14-11(16)6-5-7-12(14)17/h5-7,10,13,19H,4,8-9H2,1-3H3. The topological polar surface area (TPSA) is 49.8 Å². The summed E-state index contributed by atoms with van der Waals surface area (Å²) in [5.74, 6) is -2.30. The van der Waals surface area contributed by atoms with Crippen LogP contribution < -0.4 is 0 Å². The number of esters is 1. The Bertz CT molecular complexity index is 462. The highest BCUT2D eigenvalue weighted by atomic mass is 19.1. The van der Waals surface area contributed by atoms with E-state index in [-0.39, 0.29) is 24.0 Å². The molecule has 0 fully saturated rings. The van der Waals surface area contributed by atoms with Crippen LogP contribution in [0.1, 0.15) is 25.5 Å². The van der Waals surface area contributed by atoms with Crippen LogP contribution in [0.4, 0.5) is 8.78 Å². The van der Waals surface area contributed by atoms with E-state index in [0.717, 1.165) is 12.1 Å². The zero-order chi connectivity index (χ0) is 16.0. The molecule has 0 spiro atoms. The van der Waals surface area contributed by atoms with Gasteiger partial charge in [0.05, 0.1) is 24.7 Å². The average molecular weight is 301 g/mol. The molecule has 2 atom stereocenters. The smallest absolute Gasteiger partial charge is 0.309 e. The molecule has 0 amide bonds. The monoisotopic (exact) mass is 301 g/mol. The van der Waals surface area contributed by atoms with Gasteiger partial charge in [0.15, 0.2) is 0 Å². The van der Waals surface area contributed by atoms with E-state index in [9.17, 15) is 18.7 Å². The first kappa shape index (κ1) is 17.5. The van der Waals surface area contributed by atoms with Crippen molar-refractivity contribution in [3.8, 4) is 0 Å². The number of rotatable bonds is 7. The number of hydrogen-bond acceptors (Lipinski definition) is 4. The molecule has 0 bridgehead atoms. The number of aliphatic hydroxyl groups excluding tert-OH is 1. The van der Waals surface area contributed by atoms with Gasteiger partial charge in [-0.2, -0.15) is 0 Å². The molecule has 6 heteroatoms. The minimum absolute atomic E-state index is 0.0374. The van der Waals surface area contributed by atoms with Crippen molar-refractivity contribution in [3.63, 3.8) is 0 Å². The van der Waals surface area contributed by atoms with E-state index in [1.807, 2.05) is 6.92 Å². The van der Waals surface area contributed by atoms with Crippen LogP contribution in [0, 0.1) is 17.6 Å². The van der Waals surface area contributed by atoms with Crippen molar-refractivity contribution in [2.24, 2.45) is 5.92 Å². The SMILES string of the molecule is CCN(CC(C)C(=O)OC)CC(O)c1c(F)cccc1F. The number of methoxy groups -OCH3 is 1. The van der Waals surface area contributed by atoms with Crippen molar-refractivity contribution in [1.29, 1.82) is 0 Å². The van der Waals surface area contributed by atoms with Crippen LogP contribution >= 0.6 is 0 Å². The summed E-state index contributed by atoms with van der Waals surface area (Å²) in [5, 5.41) is 10.1.